The lowest BCUT2D eigenvalue weighted by Crippen LogP contribution is -2.73. The SMILES string of the molecule is CC(C)CC(NC(=O)C(Cc1ccccc1)NC(=O)C(N)Cc1ccccc1)C(=O)NC(CCCCN)C(=O)N1C2CC1CN(CC(=O)NCCCCC(N)C1CC1)C2. The van der Waals surface area contributed by atoms with E-state index in [0.717, 1.165) is 36.8 Å². The molecule has 1 aliphatic carbocycles. The van der Waals surface area contributed by atoms with Crippen LogP contribution in [0.2, 0.25) is 0 Å². The van der Waals surface area contributed by atoms with Gasteiger partial charge in [0.05, 0.1) is 12.6 Å². The Bertz CT molecular complexity index is 1650. The molecular formula is C45H69N9O5. The van der Waals surface area contributed by atoms with Crippen LogP contribution in [0.3, 0.4) is 0 Å². The van der Waals surface area contributed by atoms with Gasteiger partial charge in [0.1, 0.15) is 18.1 Å². The summed E-state index contributed by atoms with van der Waals surface area (Å²) in [7, 11) is 0. The van der Waals surface area contributed by atoms with Gasteiger partial charge in [-0.3, -0.25) is 28.9 Å². The van der Waals surface area contributed by atoms with Crippen LogP contribution >= 0.6 is 0 Å². The molecule has 7 atom stereocenters. The first-order valence-corrected chi connectivity index (χ1v) is 21.9. The van der Waals surface area contributed by atoms with Crippen LogP contribution in [0.5, 0.6) is 0 Å². The molecular weight excluding hydrogens is 747 g/mol. The van der Waals surface area contributed by atoms with Crippen molar-refractivity contribution in [3.05, 3.63) is 71.8 Å². The maximum Gasteiger partial charge on any atom is 0.245 e. The number of fused-ring (bicyclic) bond motifs is 2. The van der Waals surface area contributed by atoms with Gasteiger partial charge < -0.3 is 43.4 Å². The monoisotopic (exact) mass is 816 g/mol. The van der Waals surface area contributed by atoms with E-state index in [0.29, 0.717) is 64.2 Å². The molecule has 3 saturated heterocycles. The number of piperazine rings is 1. The molecule has 5 amide bonds. The number of unbranched alkanes of at least 4 members (excludes halogenated alkanes) is 2. The van der Waals surface area contributed by atoms with Gasteiger partial charge in [0, 0.05) is 44.2 Å². The van der Waals surface area contributed by atoms with E-state index in [9.17, 15) is 24.0 Å². The molecule has 324 valence electrons. The number of hydrogen-bond acceptors (Lipinski definition) is 9. The minimum Gasteiger partial charge on any atom is -0.355 e. The van der Waals surface area contributed by atoms with Crippen LogP contribution in [-0.2, 0) is 36.8 Å². The van der Waals surface area contributed by atoms with Crippen molar-refractivity contribution >= 4 is 29.5 Å². The highest BCUT2D eigenvalue weighted by Crippen LogP contribution is 2.34. The smallest absolute Gasteiger partial charge is 0.245 e. The molecule has 14 heteroatoms. The Kier molecular flexibility index (Phi) is 17.7. The molecule has 3 aliphatic heterocycles. The van der Waals surface area contributed by atoms with Crippen LogP contribution in [0.15, 0.2) is 60.7 Å². The molecule has 2 bridgehead atoms. The van der Waals surface area contributed by atoms with Crippen molar-refractivity contribution in [1.29, 1.82) is 0 Å². The maximum atomic E-state index is 14.2. The molecule has 0 aromatic heterocycles. The fourth-order valence-corrected chi connectivity index (χ4v) is 8.41. The van der Waals surface area contributed by atoms with Crippen molar-refractivity contribution in [3.8, 4) is 0 Å². The zero-order valence-corrected chi connectivity index (χ0v) is 35.2. The number of piperidine rings is 1. The lowest BCUT2D eigenvalue weighted by atomic mass is 9.86. The van der Waals surface area contributed by atoms with Crippen LogP contribution in [0, 0.1) is 11.8 Å². The Morgan fingerprint density at radius 2 is 1.29 bits per heavy atom. The highest BCUT2D eigenvalue weighted by molar-refractivity contribution is 5.95. The summed E-state index contributed by atoms with van der Waals surface area (Å²) < 4.78 is 0. The predicted molar refractivity (Wildman–Crippen MR) is 229 cm³/mol. The number of carbonyl (C=O) groups is 5. The minimum atomic E-state index is -1.00. The predicted octanol–water partition coefficient (Wildman–Crippen LogP) is 1.74. The molecule has 4 fully saturated rings. The number of nitrogens with zero attached hydrogens (tertiary/aromatic N) is 2. The van der Waals surface area contributed by atoms with Crippen molar-refractivity contribution in [1.82, 2.24) is 31.1 Å². The standard InChI is InChI=1S/C45H69N9O5/c1-30(2)23-39(52-44(58)40(25-32-15-7-4-8-16-32)51-42(56)37(48)24-31-13-5-3-6-14-31)43(57)50-38(18-9-11-21-46)45(59)54-34-26-35(54)28-53(27-34)29-41(55)49-22-12-10-17-36(47)33-19-20-33/h3-8,13-16,30,33-40H,9-12,17-29,46-48H2,1-2H3,(H,49,55)(H,50,57)(H,51,56)(H,52,58). The minimum absolute atomic E-state index is 0.0126. The average molecular weight is 816 g/mol. The summed E-state index contributed by atoms with van der Waals surface area (Å²) in [5.74, 6) is -0.887. The van der Waals surface area contributed by atoms with Gasteiger partial charge in [-0.2, -0.15) is 0 Å². The van der Waals surface area contributed by atoms with Gasteiger partial charge in [0.25, 0.3) is 0 Å². The van der Waals surface area contributed by atoms with E-state index in [2.05, 4.69) is 26.2 Å². The van der Waals surface area contributed by atoms with E-state index in [4.69, 9.17) is 17.2 Å². The number of amides is 5. The fraction of sp³-hybridized carbons (Fsp3) is 0.622. The van der Waals surface area contributed by atoms with E-state index < -0.39 is 41.9 Å². The second-order valence-electron chi connectivity index (χ2n) is 17.4. The topological polar surface area (TPSA) is 218 Å². The Labute approximate surface area is 350 Å². The Morgan fingerprint density at radius 3 is 1.90 bits per heavy atom. The molecule has 0 spiro atoms. The van der Waals surface area contributed by atoms with Gasteiger partial charge in [0.15, 0.2) is 0 Å². The lowest BCUT2D eigenvalue weighted by Gasteiger charge is -2.57. The number of nitrogens with two attached hydrogens (primary N) is 3. The fourth-order valence-electron chi connectivity index (χ4n) is 8.41. The quantitative estimate of drug-likeness (QED) is 0.0726. The first-order chi connectivity index (χ1) is 28.4. The van der Waals surface area contributed by atoms with E-state index in [1.165, 1.54) is 12.8 Å². The largest absolute Gasteiger partial charge is 0.355 e. The summed E-state index contributed by atoms with van der Waals surface area (Å²) in [5, 5.41) is 11.8. The molecule has 2 aromatic carbocycles. The van der Waals surface area contributed by atoms with Crippen molar-refractivity contribution in [2.45, 2.75) is 133 Å². The third kappa shape index (κ3) is 14.4. The summed E-state index contributed by atoms with van der Waals surface area (Å²) in [6.07, 6.45) is 8.82. The van der Waals surface area contributed by atoms with E-state index in [1.54, 1.807) is 0 Å². The number of rotatable bonds is 25. The number of nitrogens with one attached hydrogen (secondary N) is 4. The molecule has 0 radical (unpaired) electrons. The summed E-state index contributed by atoms with van der Waals surface area (Å²) in [6, 6.07) is 15.3. The van der Waals surface area contributed by atoms with Crippen molar-refractivity contribution in [2.24, 2.45) is 29.0 Å². The van der Waals surface area contributed by atoms with Gasteiger partial charge in [0.2, 0.25) is 29.5 Å². The molecule has 7 unspecified atom stereocenters. The molecule has 14 nitrogen and oxygen atoms in total. The normalized spacial score (nSPS) is 20.1. The first-order valence-electron chi connectivity index (χ1n) is 21.9. The zero-order valence-electron chi connectivity index (χ0n) is 35.2. The first kappa shape index (κ1) is 45.7. The summed E-state index contributed by atoms with van der Waals surface area (Å²) >= 11 is 0. The number of benzene rings is 2. The zero-order chi connectivity index (χ0) is 42.3. The summed E-state index contributed by atoms with van der Waals surface area (Å²) in [5.41, 5.74) is 20.1. The van der Waals surface area contributed by atoms with Gasteiger partial charge >= 0.3 is 0 Å². The molecule has 2 aromatic rings. The second kappa shape index (κ2) is 22.8. The Morgan fingerprint density at radius 1 is 0.712 bits per heavy atom. The third-order valence-corrected chi connectivity index (χ3v) is 11.9. The van der Waals surface area contributed by atoms with E-state index in [-0.39, 0.29) is 48.8 Å². The summed E-state index contributed by atoms with van der Waals surface area (Å²) in [6.45, 7) is 6.48. The molecule has 1 saturated carbocycles. The van der Waals surface area contributed by atoms with Gasteiger partial charge in [-0.05, 0) is 93.7 Å². The van der Waals surface area contributed by atoms with Crippen LogP contribution in [0.4, 0.5) is 0 Å². The van der Waals surface area contributed by atoms with Crippen molar-refractivity contribution in [3.63, 3.8) is 0 Å². The third-order valence-electron chi connectivity index (χ3n) is 11.9. The Balaban J connectivity index is 1.18. The van der Waals surface area contributed by atoms with Crippen LogP contribution in [0.1, 0.15) is 89.2 Å². The molecule has 6 rings (SSSR count). The molecule has 4 aliphatic rings. The number of hydrogen-bond donors (Lipinski definition) is 7. The van der Waals surface area contributed by atoms with E-state index >= 15 is 0 Å². The molecule has 59 heavy (non-hydrogen) atoms. The number of carbonyl (C=O) groups excluding carboxylic acids is 5. The van der Waals surface area contributed by atoms with Gasteiger partial charge in [-0.15, -0.1) is 0 Å². The van der Waals surface area contributed by atoms with E-state index in [1.807, 2.05) is 79.4 Å². The average Bonchev–Trinajstić information content (AvgIpc) is 4.06. The van der Waals surface area contributed by atoms with Gasteiger partial charge in [-0.25, -0.2) is 0 Å². The highest BCUT2D eigenvalue weighted by Gasteiger charge is 2.49. The maximum absolute atomic E-state index is 14.2. The van der Waals surface area contributed by atoms with Crippen LogP contribution in [-0.4, -0.2) is 114 Å². The highest BCUT2D eigenvalue weighted by atomic mass is 16.2. The lowest BCUT2D eigenvalue weighted by molar-refractivity contribution is -0.158. The second-order valence-corrected chi connectivity index (χ2v) is 17.4. The summed E-state index contributed by atoms with van der Waals surface area (Å²) in [4.78, 5) is 72.5. The van der Waals surface area contributed by atoms with Crippen LogP contribution < -0.4 is 38.5 Å². The van der Waals surface area contributed by atoms with Gasteiger partial charge in [-0.1, -0.05) is 80.9 Å². The Hall–Kier alpha value is -4.37. The van der Waals surface area contributed by atoms with Crippen molar-refractivity contribution < 1.29 is 24.0 Å². The van der Waals surface area contributed by atoms with Crippen LogP contribution in [0.25, 0.3) is 0 Å². The molecule has 3 heterocycles. The van der Waals surface area contributed by atoms with Crippen molar-refractivity contribution in [2.75, 3.05) is 32.7 Å². The molecule has 10 N–H and O–H groups in total.